The summed E-state index contributed by atoms with van der Waals surface area (Å²) in [5.41, 5.74) is 2.30. The van der Waals surface area contributed by atoms with E-state index >= 15 is 0 Å². The highest BCUT2D eigenvalue weighted by Crippen LogP contribution is 2.24. The minimum absolute atomic E-state index is 0.210. The third kappa shape index (κ3) is 3.35. The number of fused-ring (bicyclic) bond motifs is 1. The first kappa shape index (κ1) is 13.6. The van der Waals surface area contributed by atoms with Crippen LogP contribution in [0.15, 0.2) is 24.4 Å². The molecule has 102 valence electrons. The van der Waals surface area contributed by atoms with Gasteiger partial charge in [-0.15, -0.1) is 0 Å². The first-order chi connectivity index (χ1) is 9.10. The van der Waals surface area contributed by atoms with Crippen LogP contribution in [0.25, 0.3) is 10.9 Å². The molecule has 0 spiro atoms. The van der Waals surface area contributed by atoms with E-state index in [0.717, 1.165) is 18.5 Å². The molecule has 0 fully saturated rings. The number of hydrogen-bond acceptors (Lipinski definition) is 3. The summed E-state index contributed by atoms with van der Waals surface area (Å²) in [5, 5.41) is 1.19. The molecule has 4 nitrogen and oxygen atoms in total. The molecule has 0 aliphatic heterocycles. The van der Waals surface area contributed by atoms with Crippen molar-refractivity contribution in [3.8, 4) is 5.75 Å². The molecule has 0 unspecified atom stereocenters. The van der Waals surface area contributed by atoms with Crippen LogP contribution in [0.4, 0.5) is 0 Å². The van der Waals surface area contributed by atoms with Crippen molar-refractivity contribution in [2.45, 2.75) is 19.8 Å². The van der Waals surface area contributed by atoms with Crippen molar-refractivity contribution >= 4 is 16.9 Å². The monoisotopic (exact) mass is 260 g/mol. The number of rotatable bonds is 5. The van der Waals surface area contributed by atoms with Gasteiger partial charge in [0.1, 0.15) is 5.75 Å². The van der Waals surface area contributed by atoms with Crippen LogP contribution in [0.3, 0.4) is 0 Å². The molecular formula is C15H20N2O2. The Morgan fingerprint density at radius 3 is 2.84 bits per heavy atom. The summed E-state index contributed by atoms with van der Waals surface area (Å²) in [7, 11) is 4.13. The molecule has 0 aliphatic carbocycles. The van der Waals surface area contributed by atoms with Crippen LogP contribution < -0.4 is 4.74 Å². The van der Waals surface area contributed by atoms with E-state index in [0.29, 0.717) is 12.2 Å². The number of likely N-dealkylation sites (N-methyl/N-ethyl adjacent to an activating group) is 1. The Labute approximate surface area is 113 Å². The standard InChI is InChI=1S/C15H20N2O2/c1-4-15(18)19-12-5-6-13-11(7-8-17(2)3)10-16-14(13)9-12/h5-6,9-10,16H,4,7-8H2,1-3H3. The first-order valence-electron chi connectivity index (χ1n) is 6.55. The van der Waals surface area contributed by atoms with E-state index < -0.39 is 0 Å². The summed E-state index contributed by atoms with van der Waals surface area (Å²) < 4.78 is 5.21. The number of carbonyl (C=O) groups is 1. The molecule has 0 amide bonds. The van der Waals surface area contributed by atoms with Gasteiger partial charge in [-0.25, -0.2) is 0 Å². The topological polar surface area (TPSA) is 45.3 Å². The summed E-state index contributed by atoms with van der Waals surface area (Å²) in [5.74, 6) is 0.388. The number of benzene rings is 1. The van der Waals surface area contributed by atoms with Crippen molar-refractivity contribution in [2.75, 3.05) is 20.6 Å². The molecule has 1 heterocycles. The van der Waals surface area contributed by atoms with Gasteiger partial charge in [0.25, 0.3) is 0 Å². The van der Waals surface area contributed by atoms with Gasteiger partial charge in [-0.2, -0.15) is 0 Å². The number of ether oxygens (including phenoxy) is 1. The van der Waals surface area contributed by atoms with E-state index in [-0.39, 0.29) is 5.97 Å². The maximum absolute atomic E-state index is 11.3. The molecule has 1 aromatic heterocycles. The molecule has 19 heavy (non-hydrogen) atoms. The Hall–Kier alpha value is -1.81. The first-order valence-corrected chi connectivity index (χ1v) is 6.55. The van der Waals surface area contributed by atoms with Crippen LogP contribution >= 0.6 is 0 Å². The van der Waals surface area contributed by atoms with Crippen molar-refractivity contribution in [1.82, 2.24) is 9.88 Å². The normalized spacial score (nSPS) is 11.2. The number of hydrogen-bond donors (Lipinski definition) is 1. The molecule has 0 saturated carbocycles. The van der Waals surface area contributed by atoms with Crippen LogP contribution in [0.5, 0.6) is 5.75 Å². The van der Waals surface area contributed by atoms with Crippen LogP contribution in [0.1, 0.15) is 18.9 Å². The van der Waals surface area contributed by atoms with Gasteiger partial charge < -0.3 is 14.6 Å². The number of aromatic nitrogens is 1. The highest BCUT2D eigenvalue weighted by atomic mass is 16.5. The number of aromatic amines is 1. The number of carbonyl (C=O) groups excluding carboxylic acids is 1. The predicted octanol–water partition coefficient (Wildman–Crippen LogP) is 2.59. The Kier molecular flexibility index (Phi) is 4.22. The van der Waals surface area contributed by atoms with Crippen LogP contribution in [0.2, 0.25) is 0 Å². The number of nitrogens with zero attached hydrogens (tertiary/aromatic N) is 1. The summed E-state index contributed by atoms with van der Waals surface area (Å²) in [6, 6.07) is 5.74. The second-order valence-electron chi connectivity index (χ2n) is 4.90. The lowest BCUT2D eigenvalue weighted by Crippen LogP contribution is -2.14. The van der Waals surface area contributed by atoms with E-state index in [1.807, 2.05) is 24.4 Å². The molecule has 0 bridgehead atoms. The van der Waals surface area contributed by atoms with Crippen molar-refractivity contribution in [3.05, 3.63) is 30.0 Å². The molecular weight excluding hydrogens is 240 g/mol. The lowest BCUT2D eigenvalue weighted by Gasteiger charge is -2.08. The average molecular weight is 260 g/mol. The number of esters is 1. The Balaban J connectivity index is 2.19. The van der Waals surface area contributed by atoms with Gasteiger partial charge in [0.05, 0.1) is 0 Å². The molecule has 4 heteroatoms. The number of H-pyrrole nitrogens is 1. The maximum Gasteiger partial charge on any atom is 0.310 e. The van der Waals surface area contributed by atoms with Crippen molar-refractivity contribution in [1.29, 1.82) is 0 Å². The van der Waals surface area contributed by atoms with Crippen molar-refractivity contribution in [3.63, 3.8) is 0 Å². The third-order valence-corrected chi connectivity index (χ3v) is 3.09. The van der Waals surface area contributed by atoms with Crippen LogP contribution in [-0.2, 0) is 11.2 Å². The zero-order valence-electron chi connectivity index (χ0n) is 11.7. The second-order valence-corrected chi connectivity index (χ2v) is 4.90. The average Bonchev–Trinajstić information content (AvgIpc) is 2.78. The maximum atomic E-state index is 11.3. The Morgan fingerprint density at radius 2 is 2.16 bits per heavy atom. The Bertz CT molecular complexity index is 573. The predicted molar refractivity (Wildman–Crippen MR) is 76.5 cm³/mol. The lowest BCUT2D eigenvalue weighted by atomic mass is 10.1. The molecule has 0 radical (unpaired) electrons. The second kappa shape index (κ2) is 5.89. The zero-order chi connectivity index (χ0) is 13.8. The fourth-order valence-corrected chi connectivity index (χ4v) is 1.98. The molecule has 2 rings (SSSR count). The smallest absolute Gasteiger partial charge is 0.310 e. The highest BCUT2D eigenvalue weighted by molar-refractivity contribution is 5.85. The quantitative estimate of drug-likeness (QED) is 0.664. The van der Waals surface area contributed by atoms with Gasteiger partial charge in [0, 0.05) is 36.1 Å². The molecule has 0 atom stereocenters. The largest absolute Gasteiger partial charge is 0.426 e. The molecule has 1 N–H and O–H groups in total. The van der Waals surface area contributed by atoms with Gasteiger partial charge in [-0.1, -0.05) is 6.92 Å². The van der Waals surface area contributed by atoms with Crippen molar-refractivity contribution in [2.24, 2.45) is 0 Å². The fraction of sp³-hybridized carbons (Fsp3) is 0.400. The number of nitrogens with one attached hydrogen (secondary N) is 1. The van der Waals surface area contributed by atoms with Gasteiger partial charge in [-0.05, 0) is 38.2 Å². The van der Waals surface area contributed by atoms with Crippen LogP contribution in [0, 0.1) is 0 Å². The van der Waals surface area contributed by atoms with E-state index in [9.17, 15) is 4.79 Å². The lowest BCUT2D eigenvalue weighted by molar-refractivity contribution is -0.134. The van der Waals surface area contributed by atoms with E-state index in [1.165, 1.54) is 10.9 Å². The van der Waals surface area contributed by atoms with Gasteiger partial charge >= 0.3 is 5.97 Å². The van der Waals surface area contributed by atoms with E-state index in [4.69, 9.17) is 4.74 Å². The van der Waals surface area contributed by atoms with Crippen LogP contribution in [-0.4, -0.2) is 36.5 Å². The van der Waals surface area contributed by atoms with Gasteiger partial charge in [0.2, 0.25) is 0 Å². The molecule has 0 aliphatic rings. The van der Waals surface area contributed by atoms with Gasteiger partial charge in [-0.3, -0.25) is 4.79 Å². The highest BCUT2D eigenvalue weighted by Gasteiger charge is 2.07. The van der Waals surface area contributed by atoms with E-state index in [1.54, 1.807) is 6.92 Å². The Morgan fingerprint density at radius 1 is 1.37 bits per heavy atom. The minimum atomic E-state index is -0.210. The SMILES string of the molecule is CCC(=O)Oc1ccc2c(CCN(C)C)c[nH]c2c1. The third-order valence-electron chi connectivity index (χ3n) is 3.09. The van der Waals surface area contributed by atoms with Gasteiger partial charge in [0.15, 0.2) is 0 Å². The van der Waals surface area contributed by atoms with E-state index in [2.05, 4.69) is 24.0 Å². The molecule has 1 aromatic carbocycles. The summed E-state index contributed by atoms with van der Waals surface area (Å²) in [6.07, 6.45) is 3.41. The van der Waals surface area contributed by atoms with Crippen molar-refractivity contribution < 1.29 is 9.53 Å². The summed E-state index contributed by atoms with van der Waals surface area (Å²) in [4.78, 5) is 16.7. The molecule has 2 aromatic rings. The fourth-order valence-electron chi connectivity index (χ4n) is 1.98. The summed E-state index contributed by atoms with van der Waals surface area (Å²) in [6.45, 7) is 2.80. The molecule has 0 saturated heterocycles. The minimum Gasteiger partial charge on any atom is -0.426 e. The summed E-state index contributed by atoms with van der Waals surface area (Å²) >= 11 is 0. The zero-order valence-corrected chi connectivity index (χ0v) is 11.7.